The lowest BCUT2D eigenvalue weighted by molar-refractivity contribution is 0.232. The third-order valence-corrected chi connectivity index (χ3v) is 3.71. The molecule has 0 radical (unpaired) electrons. The van der Waals surface area contributed by atoms with Crippen LogP contribution in [0.2, 0.25) is 0 Å². The lowest BCUT2D eigenvalue weighted by atomic mass is 9.83. The predicted octanol–water partition coefficient (Wildman–Crippen LogP) is 3.50. The van der Waals surface area contributed by atoms with Crippen molar-refractivity contribution < 1.29 is 4.74 Å². The normalized spacial score (nSPS) is 23.4. The second-order valence-electron chi connectivity index (χ2n) is 5.91. The zero-order valence-corrected chi connectivity index (χ0v) is 12.2. The lowest BCUT2D eigenvalue weighted by Gasteiger charge is -2.26. The van der Waals surface area contributed by atoms with Crippen LogP contribution in [0.4, 0.5) is 5.82 Å². The molecule has 0 bridgehead atoms. The Morgan fingerprint density at radius 3 is 2.68 bits per heavy atom. The van der Waals surface area contributed by atoms with Gasteiger partial charge in [-0.05, 0) is 38.5 Å². The predicted molar refractivity (Wildman–Crippen MR) is 77.4 cm³/mol. The van der Waals surface area contributed by atoms with Crippen LogP contribution in [-0.2, 0) is 0 Å². The van der Waals surface area contributed by atoms with E-state index in [1.165, 1.54) is 25.7 Å². The monoisotopic (exact) mass is 263 g/mol. The molecule has 1 aromatic rings. The summed E-state index contributed by atoms with van der Waals surface area (Å²) in [7, 11) is 0. The van der Waals surface area contributed by atoms with Crippen molar-refractivity contribution in [2.75, 3.05) is 11.9 Å². The van der Waals surface area contributed by atoms with E-state index in [1.54, 1.807) is 6.33 Å². The van der Waals surface area contributed by atoms with Crippen LogP contribution >= 0.6 is 0 Å². The standard InChI is InChI=1S/C15H25N3O/c1-11(2)19-15-8-14(17-10-18-15)16-9-13-6-4-12(3)5-7-13/h8,10-13H,4-7,9H2,1-3H3,(H,16,17,18). The Bertz CT molecular complexity index is 387. The molecule has 1 aliphatic rings. The van der Waals surface area contributed by atoms with Crippen LogP contribution < -0.4 is 10.1 Å². The van der Waals surface area contributed by atoms with Gasteiger partial charge in [0, 0.05) is 12.6 Å². The number of hydrogen-bond acceptors (Lipinski definition) is 4. The average Bonchev–Trinajstić information content (AvgIpc) is 2.38. The van der Waals surface area contributed by atoms with Crippen LogP contribution in [0.15, 0.2) is 12.4 Å². The molecule has 1 heterocycles. The molecule has 1 aromatic heterocycles. The van der Waals surface area contributed by atoms with Gasteiger partial charge in [-0.1, -0.05) is 19.8 Å². The first-order chi connectivity index (χ1) is 9.13. The number of aromatic nitrogens is 2. The zero-order valence-electron chi connectivity index (χ0n) is 12.2. The Morgan fingerprint density at radius 2 is 2.00 bits per heavy atom. The maximum Gasteiger partial charge on any atom is 0.218 e. The molecule has 1 fully saturated rings. The van der Waals surface area contributed by atoms with Gasteiger partial charge in [0.2, 0.25) is 5.88 Å². The molecule has 1 N–H and O–H groups in total. The molecule has 0 aliphatic heterocycles. The van der Waals surface area contributed by atoms with Crippen molar-refractivity contribution in [1.29, 1.82) is 0 Å². The van der Waals surface area contributed by atoms with Crippen LogP contribution in [-0.4, -0.2) is 22.6 Å². The number of rotatable bonds is 5. The number of anilines is 1. The number of ether oxygens (including phenoxy) is 1. The number of nitrogens with zero attached hydrogens (tertiary/aromatic N) is 2. The molecule has 4 heteroatoms. The highest BCUT2D eigenvalue weighted by atomic mass is 16.5. The van der Waals surface area contributed by atoms with E-state index < -0.39 is 0 Å². The summed E-state index contributed by atoms with van der Waals surface area (Å²) >= 11 is 0. The Morgan fingerprint density at radius 1 is 1.26 bits per heavy atom. The molecule has 4 nitrogen and oxygen atoms in total. The van der Waals surface area contributed by atoms with Gasteiger partial charge in [-0.15, -0.1) is 0 Å². The Kier molecular flexibility index (Phi) is 5.00. The van der Waals surface area contributed by atoms with Crippen LogP contribution in [0.3, 0.4) is 0 Å². The maximum atomic E-state index is 5.57. The van der Waals surface area contributed by atoms with Gasteiger partial charge >= 0.3 is 0 Å². The average molecular weight is 263 g/mol. The number of hydrogen-bond donors (Lipinski definition) is 1. The van der Waals surface area contributed by atoms with Crippen LogP contribution in [0.1, 0.15) is 46.5 Å². The second kappa shape index (κ2) is 6.73. The molecule has 0 unspecified atom stereocenters. The summed E-state index contributed by atoms with van der Waals surface area (Å²) in [6.45, 7) is 7.35. The summed E-state index contributed by atoms with van der Waals surface area (Å²) in [5.74, 6) is 3.19. The van der Waals surface area contributed by atoms with E-state index in [-0.39, 0.29) is 6.10 Å². The van der Waals surface area contributed by atoms with Crippen molar-refractivity contribution in [3.63, 3.8) is 0 Å². The van der Waals surface area contributed by atoms with E-state index in [0.717, 1.165) is 24.2 Å². The van der Waals surface area contributed by atoms with Crippen LogP contribution in [0.25, 0.3) is 0 Å². The molecular formula is C15H25N3O. The molecule has 0 saturated heterocycles. The minimum Gasteiger partial charge on any atom is -0.475 e. The summed E-state index contributed by atoms with van der Waals surface area (Å²) in [4.78, 5) is 8.35. The van der Waals surface area contributed by atoms with Crippen molar-refractivity contribution in [3.05, 3.63) is 12.4 Å². The zero-order chi connectivity index (χ0) is 13.7. The van der Waals surface area contributed by atoms with E-state index in [1.807, 2.05) is 19.9 Å². The van der Waals surface area contributed by atoms with E-state index in [9.17, 15) is 0 Å². The van der Waals surface area contributed by atoms with Gasteiger partial charge in [0.05, 0.1) is 6.10 Å². The van der Waals surface area contributed by atoms with Gasteiger partial charge in [-0.3, -0.25) is 0 Å². The highest BCUT2D eigenvalue weighted by Gasteiger charge is 2.17. The fourth-order valence-corrected chi connectivity index (χ4v) is 2.52. The van der Waals surface area contributed by atoms with Gasteiger partial charge in [-0.25, -0.2) is 9.97 Å². The van der Waals surface area contributed by atoms with Crippen molar-refractivity contribution in [3.8, 4) is 5.88 Å². The maximum absolute atomic E-state index is 5.57. The van der Waals surface area contributed by atoms with E-state index in [2.05, 4.69) is 22.2 Å². The van der Waals surface area contributed by atoms with Gasteiger partial charge in [0.25, 0.3) is 0 Å². The third-order valence-electron chi connectivity index (χ3n) is 3.71. The molecule has 1 aliphatic carbocycles. The van der Waals surface area contributed by atoms with Crippen molar-refractivity contribution >= 4 is 5.82 Å². The van der Waals surface area contributed by atoms with Gasteiger partial charge < -0.3 is 10.1 Å². The molecule has 2 rings (SSSR count). The number of nitrogens with one attached hydrogen (secondary N) is 1. The summed E-state index contributed by atoms with van der Waals surface area (Å²) < 4.78 is 5.57. The van der Waals surface area contributed by atoms with Gasteiger partial charge in [-0.2, -0.15) is 0 Å². The largest absolute Gasteiger partial charge is 0.475 e. The molecule has 0 aromatic carbocycles. The molecule has 0 atom stereocenters. The van der Waals surface area contributed by atoms with Crippen LogP contribution in [0, 0.1) is 11.8 Å². The first-order valence-electron chi connectivity index (χ1n) is 7.36. The quantitative estimate of drug-likeness (QED) is 0.883. The molecule has 0 spiro atoms. The molecule has 1 saturated carbocycles. The van der Waals surface area contributed by atoms with Crippen molar-refractivity contribution in [2.45, 2.75) is 52.6 Å². The highest BCUT2D eigenvalue weighted by molar-refractivity contribution is 5.37. The highest BCUT2D eigenvalue weighted by Crippen LogP contribution is 2.28. The van der Waals surface area contributed by atoms with E-state index in [4.69, 9.17) is 4.74 Å². The molecule has 0 amide bonds. The first-order valence-corrected chi connectivity index (χ1v) is 7.36. The summed E-state index contributed by atoms with van der Waals surface area (Å²) in [5, 5.41) is 3.41. The van der Waals surface area contributed by atoms with Crippen LogP contribution in [0.5, 0.6) is 5.88 Å². The topological polar surface area (TPSA) is 47.0 Å². The minimum absolute atomic E-state index is 0.141. The SMILES string of the molecule is CC1CCC(CNc2cc(OC(C)C)ncn2)CC1. The van der Waals surface area contributed by atoms with Crippen molar-refractivity contribution in [1.82, 2.24) is 9.97 Å². The summed E-state index contributed by atoms with van der Waals surface area (Å²) in [5.41, 5.74) is 0. The third kappa shape index (κ3) is 4.69. The Balaban J connectivity index is 1.82. The lowest BCUT2D eigenvalue weighted by Crippen LogP contribution is -2.20. The van der Waals surface area contributed by atoms with Gasteiger partial charge in [0.15, 0.2) is 0 Å². The summed E-state index contributed by atoms with van der Waals surface area (Å²) in [6, 6.07) is 1.88. The molecular weight excluding hydrogens is 238 g/mol. The first kappa shape index (κ1) is 14.1. The van der Waals surface area contributed by atoms with Crippen molar-refractivity contribution in [2.24, 2.45) is 11.8 Å². The Hall–Kier alpha value is -1.32. The fourth-order valence-electron chi connectivity index (χ4n) is 2.52. The molecule has 19 heavy (non-hydrogen) atoms. The smallest absolute Gasteiger partial charge is 0.218 e. The summed E-state index contributed by atoms with van der Waals surface area (Å²) in [6.07, 6.45) is 7.07. The van der Waals surface area contributed by atoms with Gasteiger partial charge in [0.1, 0.15) is 12.1 Å². The Labute approximate surface area is 116 Å². The molecule has 106 valence electrons. The second-order valence-corrected chi connectivity index (χ2v) is 5.91. The minimum atomic E-state index is 0.141. The van der Waals surface area contributed by atoms with E-state index >= 15 is 0 Å². The van der Waals surface area contributed by atoms with E-state index in [0.29, 0.717) is 5.88 Å². The fraction of sp³-hybridized carbons (Fsp3) is 0.733.